The zero-order chi connectivity index (χ0) is 21.1. The van der Waals surface area contributed by atoms with Crippen LogP contribution in [0.1, 0.15) is 17.5 Å². The van der Waals surface area contributed by atoms with Crippen LogP contribution in [0.15, 0.2) is 36.4 Å². The fourth-order valence-electron chi connectivity index (χ4n) is 3.24. The molecule has 0 bridgehead atoms. The summed E-state index contributed by atoms with van der Waals surface area (Å²) in [6.07, 6.45) is -0.0137. The van der Waals surface area contributed by atoms with Crippen molar-refractivity contribution in [3.05, 3.63) is 57.6 Å². The van der Waals surface area contributed by atoms with Crippen molar-refractivity contribution in [2.24, 2.45) is 5.92 Å². The topological polar surface area (TPSA) is 75.7 Å². The maximum absolute atomic E-state index is 12.4. The van der Waals surface area contributed by atoms with E-state index < -0.39 is 24.4 Å². The van der Waals surface area contributed by atoms with Crippen molar-refractivity contribution in [2.75, 3.05) is 23.4 Å². The molecule has 0 unspecified atom stereocenters. The minimum Gasteiger partial charge on any atom is -0.455 e. The van der Waals surface area contributed by atoms with Crippen molar-refractivity contribution >= 4 is 52.4 Å². The average Bonchev–Trinajstić information content (AvgIpc) is 3.06. The molecule has 152 valence electrons. The van der Waals surface area contributed by atoms with E-state index in [0.717, 1.165) is 11.1 Å². The quantitative estimate of drug-likeness (QED) is 0.717. The molecule has 0 radical (unpaired) electrons. The van der Waals surface area contributed by atoms with Crippen molar-refractivity contribution in [1.29, 1.82) is 0 Å². The molecule has 1 fully saturated rings. The fraction of sp³-hybridized carbons (Fsp3) is 0.286. The monoisotopic (exact) mass is 434 g/mol. The Hall–Kier alpha value is -2.57. The summed E-state index contributed by atoms with van der Waals surface area (Å²) in [5.41, 5.74) is 2.99. The van der Waals surface area contributed by atoms with Crippen LogP contribution < -0.4 is 10.2 Å². The zero-order valence-corrected chi connectivity index (χ0v) is 17.5. The molecule has 8 heteroatoms. The van der Waals surface area contributed by atoms with E-state index in [1.54, 1.807) is 18.2 Å². The third kappa shape index (κ3) is 4.71. The molecule has 1 saturated heterocycles. The maximum Gasteiger partial charge on any atom is 0.311 e. The van der Waals surface area contributed by atoms with Crippen molar-refractivity contribution in [3.8, 4) is 0 Å². The highest BCUT2D eigenvalue weighted by molar-refractivity contribution is 6.44. The Bertz CT molecular complexity index is 957. The van der Waals surface area contributed by atoms with Gasteiger partial charge in [-0.05, 0) is 37.1 Å². The van der Waals surface area contributed by atoms with Gasteiger partial charge in [0.1, 0.15) is 0 Å². The highest BCUT2D eigenvalue weighted by Crippen LogP contribution is 2.35. The number of para-hydroxylation sites is 1. The second kappa shape index (κ2) is 8.84. The van der Waals surface area contributed by atoms with Gasteiger partial charge in [-0.1, -0.05) is 47.5 Å². The van der Waals surface area contributed by atoms with Crippen molar-refractivity contribution in [3.63, 3.8) is 0 Å². The van der Waals surface area contributed by atoms with E-state index in [1.165, 1.54) is 4.90 Å². The number of aryl methyl sites for hydroxylation is 2. The van der Waals surface area contributed by atoms with Crippen LogP contribution in [0.2, 0.25) is 10.0 Å². The molecule has 6 nitrogen and oxygen atoms in total. The molecule has 2 amide bonds. The van der Waals surface area contributed by atoms with Crippen LogP contribution in [-0.4, -0.2) is 30.9 Å². The SMILES string of the molecule is Cc1cccc(C)c1NC(=O)COC(=O)[C@@H]1CC(=O)N(c2cccc(Cl)c2Cl)C1. The molecule has 1 aliphatic rings. The molecule has 2 aromatic rings. The molecule has 0 saturated carbocycles. The first-order chi connectivity index (χ1) is 13.8. The average molecular weight is 435 g/mol. The van der Waals surface area contributed by atoms with Gasteiger partial charge in [-0.3, -0.25) is 14.4 Å². The fourth-order valence-corrected chi connectivity index (χ4v) is 3.64. The smallest absolute Gasteiger partial charge is 0.311 e. The van der Waals surface area contributed by atoms with Crippen LogP contribution in [0.4, 0.5) is 11.4 Å². The van der Waals surface area contributed by atoms with Crippen LogP contribution in [0.25, 0.3) is 0 Å². The number of nitrogens with zero attached hydrogens (tertiary/aromatic N) is 1. The lowest BCUT2D eigenvalue weighted by molar-refractivity contribution is -0.151. The van der Waals surface area contributed by atoms with Crippen LogP contribution in [0.3, 0.4) is 0 Å². The molecule has 0 spiro atoms. The van der Waals surface area contributed by atoms with Crippen molar-refractivity contribution in [1.82, 2.24) is 0 Å². The van der Waals surface area contributed by atoms with E-state index >= 15 is 0 Å². The standard InChI is InChI=1S/C21H20Cl2N2O4/c1-12-5-3-6-13(2)20(12)24-17(26)11-29-21(28)14-9-18(27)25(10-14)16-8-4-7-15(22)19(16)23/h3-8,14H,9-11H2,1-2H3,(H,24,26)/t14-/m1/s1. The number of halogens is 2. The lowest BCUT2D eigenvalue weighted by Gasteiger charge is -2.18. The van der Waals surface area contributed by atoms with Gasteiger partial charge < -0.3 is 15.0 Å². The summed E-state index contributed by atoms with van der Waals surface area (Å²) in [4.78, 5) is 38.3. The van der Waals surface area contributed by atoms with E-state index in [2.05, 4.69) is 5.32 Å². The second-order valence-corrected chi connectivity index (χ2v) is 7.69. The summed E-state index contributed by atoms with van der Waals surface area (Å²) < 4.78 is 5.14. The Morgan fingerprint density at radius 2 is 1.79 bits per heavy atom. The number of hydrogen-bond donors (Lipinski definition) is 1. The number of hydrogen-bond acceptors (Lipinski definition) is 4. The predicted molar refractivity (Wildman–Crippen MR) is 112 cm³/mol. The van der Waals surface area contributed by atoms with Crippen LogP contribution in [-0.2, 0) is 19.1 Å². The normalized spacial score (nSPS) is 16.1. The Balaban J connectivity index is 1.58. The maximum atomic E-state index is 12.4. The summed E-state index contributed by atoms with van der Waals surface area (Å²) in [6.45, 7) is 3.47. The number of ether oxygens (including phenoxy) is 1. The van der Waals surface area contributed by atoms with Crippen LogP contribution in [0.5, 0.6) is 0 Å². The highest BCUT2D eigenvalue weighted by Gasteiger charge is 2.37. The minimum atomic E-state index is -0.675. The minimum absolute atomic E-state index is 0.0137. The van der Waals surface area contributed by atoms with E-state index in [4.69, 9.17) is 27.9 Å². The van der Waals surface area contributed by atoms with Gasteiger partial charge in [-0.25, -0.2) is 0 Å². The van der Waals surface area contributed by atoms with Gasteiger partial charge in [-0.2, -0.15) is 0 Å². The Morgan fingerprint density at radius 1 is 1.14 bits per heavy atom. The van der Waals surface area contributed by atoms with Crippen LogP contribution in [0, 0.1) is 19.8 Å². The summed E-state index contributed by atoms with van der Waals surface area (Å²) in [7, 11) is 0. The first-order valence-electron chi connectivity index (χ1n) is 9.05. The molecule has 1 heterocycles. The second-order valence-electron chi connectivity index (χ2n) is 6.90. The van der Waals surface area contributed by atoms with Crippen molar-refractivity contribution in [2.45, 2.75) is 20.3 Å². The summed E-state index contributed by atoms with van der Waals surface area (Å²) in [5, 5.41) is 3.34. The number of carbonyl (C=O) groups excluding carboxylic acids is 3. The number of anilines is 2. The Morgan fingerprint density at radius 3 is 2.48 bits per heavy atom. The lowest BCUT2D eigenvalue weighted by atomic mass is 10.1. The highest BCUT2D eigenvalue weighted by atomic mass is 35.5. The first-order valence-corrected chi connectivity index (χ1v) is 9.80. The van der Waals surface area contributed by atoms with E-state index in [9.17, 15) is 14.4 Å². The van der Waals surface area contributed by atoms with E-state index in [-0.39, 0.29) is 23.9 Å². The molecular formula is C21H20Cl2N2O4. The van der Waals surface area contributed by atoms with Gasteiger partial charge in [-0.15, -0.1) is 0 Å². The van der Waals surface area contributed by atoms with Gasteiger partial charge in [0.15, 0.2) is 6.61 Å². The summed E-state index contributed by atoms with van der Waals surface area (Å²) >= 11 is 12.2. The molecule has 1 atom stereocenters. The molecular weight excluding hydrogens is 415 g/mol. The number of esters is 1. The van der Waals surface area contributed by atoms with Gasteiger partial charge in [0.2, 0.25) is 5.91 Å². The number of nitrogens with one attached hydrogen (secondary N) is 1. The lowest BCUT2D eigenvalue weighted by Crippen LogP contribution is -2.28. The predicted octanol–water partition coefficient (Wildman–Crippen LogP) is 4.15. The van der Waals surface area contributed by atoms with Gasteiger partial charge in [0.05, 0.1) is 21.7 Å². The molecule has 1 aliphatic heterocycles. The van der Waals surface area contributed by atoms with E-state index in [0.29, 0.717) is 16.4 Å². The molecule has 0 aromatic heterocycles. The first kappa shape index (κ1) is 21.1. The number of rotatable bonds is 5. The molecule has 2 aromatic carbocycles. The molecule has 1 N–H and O–H groups in total. The largest absolute Gasteiger partial charge is 0.455 e. The van der Waals surface area contributed by atoms with Gasteiger partial charge >= 0.3 is 5.97 Å². The molecule has 3 rings (SSSR count). The van der Waals surface area contributed by atoms with Gasteiger partial charge in [0, 0.05) is 18.7 Å². The Labute approximate surface area is 178 Å². The van der Waals surface area contributed by atoms with E-state index in [1.807, 2.05) is 32.0 Å². The van der Waals surface area contributed by atoms with Crippen LogP contribution >= 0.6 is 23.2 Å². The third-order valence-electron chi connectivity index (χ3n) is 4.77. The zero-order valence-electron chi connectivity index (χ0n) is 16.0. The molecule has 0 aliphatic carbocycles. The summed E-state index contributed by atoms with van der Waals surface area (Å²) in [6, 6.07) is 10.6. The van der Waals surface area contributed by atoms with Crippen molar-refractivity contribution < 1.29 is 19.1 Å². The summed E-state index contributed by atoms with van der Waals surface area (Å²) in [5.74, 6) is -1.97. The Kier molecular flexibility index (Phi) is 6.45. The number of carbonyl (C=O) groups is 3. The number of benzene rings is 2. The third-order valence-corrected chi connectivity index (χ3v) is 5.58. The van der Waals surface area contributed by atoms with Gasteiger partial charge in [0.25, 0.3) is 5.91 Å². The molecule has 29 heavy (non-hydrogen) atoms. The number of amides is 2.